The number of carbonyl (C=O) groups is 1. The predicted molar refractivity (Wildman–Crippen MR) is 89.2 cm³/mol. The van der Waals surface area contributed by atoms with Crippen molar-refractivity contribution in [2.24, 2.45) is 0 Å². The van der Waals surface area contributed by atoms with Gasteiger partial charge in [-0.3, -0.25) is 4.79 Å². The van der Waals surface area contributed by atoms with Crippen LogP contribution in [-0.4, -0.2) is 46.7 Å². The van der Waals surface area contributed by atoms with E-state index < -0.39 is 0 Å². The predicted octanol–water partition coefficient (Wildman–Crippen LogP) is 3.08. The zero-order valence-corrected chi connectivity index (χ0v) is 14.4. The standard InChI is InChI=1S/C18H23N3O3/c1-10(2)16-15-13(18(22)21-6-7-23-9-11(21)3)8-14(12-4-5-12)19-17(15)24-20-16/h8,10-12H,4-7,9H2,1-3H3. The molecule has 0 bridgehead atoms. The van der Waals surface area contributed by atoms with Crippen molar-refractivity contribution < 1.29 is 14.1 Å². The van der Waals surface area contributed by atoms with E-state index in [2.05, 4.69) is 24.0 Å². The van der Waals surface area contributed by atoms with Crippen molar-refractivity contribution in [2.75, 3.05) is 19.8 Å². The number of hydrogen-bond donors (Lipinski definition) is 0. The van der Waals surface area contributed by atoms with Crippen LogP contribution in [0.4, 0.5) is 0 Å². The van der Waals surface area contributed by atoms with Crippen molar-refractivity contribution in [2.45, 2.75) is 51.5 Å². The first-order chi connectivity index (χ1) is 11.6. The molecule has 1 saturated carbocycles. The normalized spacial score (nSPS) is 21.7. The lowest BCUT2D eigenvalue weighted by Gasteiger charge is -2.33. The van der Waals surface area contributed by atoms with E-state index in [1.165, 1.54) is 0 Å². The lowest BCUT2D eigenvalue weighted by molar-refractivity contribution is 0.00369. The third kappa shape index (κ3) is 2.59. The maximum atomic E-state index is 13.3. The highest BCUT2D eigenvalue weighted by Gasteiger charge is 2.32. The molecule has 6 nitrogen and oxygen atoms in total. The number of rotatable bonds is 3. The molecule has 0 radical (unpaired) electrons. The van der Waals surface area contributed by atoms with Crippen LogP contribution in [0.25, 0.3) is 11.1 Å². The molecular weight excluding hydrogens is 306 g/mol. The molecule has 1 aliphatic heterocycles. The molecular formula is C18H23N3O3. The van der Waals surface area contributed by atoms with Gasteiger partial charge in [-0.2, -0.15) is 0 Å². The van der Waals surface area contributed by atoms with Gasteiger partial charge in [-0.25, -0.2) is 4.98 Å². The molecule has 2 aromatic rings. The summed E-state index contributed by atoms with van der Waals surface area (Å²) >= 11 is 0. The molecule has 1 unspecified atom stereocenters. The fourth-order valence-electron chi connectivity index (χ4n) is 3.33. The Balaban J connectivity index is 1.84. The van der Waals surface area contributed by atoms with Gasteiger partial charge in [0.2, 0.25) is 0 Å². The van der Waals surface area contributed by atoms with Crippen LogP contribution in [0.1, 0.15) is 67.2 Å². The number of hydrogen-bond acceptors (Lipinski definition) is 5. The Labute approximate surface area is 141 Å². The van der Waals surface area contributed by atoms with Crippen LogP contribution in [-0.2, 0) is 4.74 Å². The van der Waals surface area contributed by atoms with Gasteiger partial charge in [0.25, 0.3) is 11.6 Å². The summed E-state index contributed by atoms with van der Waals surface area (Å²) in [6.45, 7) is 7.91. The number of aromatic nitrogens is 2. The average molecular weight is 329 g/mol. The highest BCUT2D eigenvalue weighted by Crippen LogP contribution is 2.41. The summed E-state index contributed by atoms with van der Waals surface area (Å²) < 4.78 is 10.9. The van der Waals surface area contributed by atoms with Crippen molar-refractivity contribution in [1.82, 2.24) is 15.0 Å². The van der Waals surface area contributed by atoms with Crippen LogP contribution < -0.4 is 0 Å². The lowest BCUT2D eigenvalue weighted by Crippen LogP contribution is -2.47. The van der Waals surface area contributed by atoms with Gasteiger partial charge in [0, 0.05) is 18.2 Å². The Bertz CT molecular complexity index is 779. The molecule has 24 heavy (non-hydrogen) atoms. The third-order valence-electron chi connectivity index (χ3n) is 4.89. The van der Waals surface area contributed by atoms with Crippen LogP contribution in [0.5, 0.6) is 0 Å². The second-order valence-corrected chi connectivity index (χ2v) is 7.19. The van der Waals surface area contributed by atoms with E-state index in [9.17, 15) is 4.79 Å². The molecule has 128 valence electrons. The molecule has 1 atom stereocenters. The first-order valence-corrected chi connectivity index (χ1v) is 8.75. The van der Waals surface area contributed by atoms with E-state index in [4.69, 9.17) is 9.26 Å². The maximum Gasteiger partial charge on any atom is 0.259 e. The average Bonchev–Trinajstić information content (AvgIpc) is 3.32. The fraction of sp³-hybridized carbons (Fsp3) is 0.611. The van der Waals surface area contributed by atoms with Crippen LogP contribution >= 0.6 is 0 Å². The largest absolute Gasteiger partial charge is 0.377 e. The second-order valence-electron chi connectivity index (χ2n) is 7.19. The molecule has 2 aliphatic rings. The minimum Gasteiger partial charge on any atom is -0.377 e. The minimum absolute atomic E-state index is 0.0326. The maximum absolute atomic E-state index is 13.3. The number of ether oxygens (including phenoxy) is 1. The van der Waals surface area contributed by atoms with Gasteiger partial charge in [0.15, 0.2) is 0 Å². The summed E-state index contributed by atoms with van der Waals surface area (Å²) in [5, 5.41) is 4.97. The highest BCUT2D eigenvalue weighted by molar-refractivity contribution is 6.06. The summed E-state index contributed by atoms with van der Waals surface area (Å²) in [4.78, 5) is 19.8. The molecule has 1 amide bonds. The Morgan fingerprint density at radius 1 is 1.38 bits per heavy atom. The summed E-state index contributed by atoms with van der Waals surface area (Å²) in [6, 6.07) is 2.04. The van der Waals surface area contributed by atoms with E-state index in [0.717, 1.165) is 29.6 Å². The Hall–Kier alpha value is -1.95. The monoisotopic (exact) mass is 329 g/mol. The summed E-state index contributed by atoms with van der Waals surface area (Å²) in [5.74, 6) is 0.661. The topological polar surface area (TPSA) is 68.5 Å². The van der Waals surface area contributed by atoms with Gasteiger partial charge in [-0.05, 0) is 31.7 Å². The van der Waals surface area contributed by atoms with Gasteiger partial charge in [-0.15, -0.1) is 0 Å². The molecule has 4 rings (SSSR count). The molecule has 0 spiro atoms. The van der Waals surface area contributed by atoms with E-state index >= 15 is 0 Å². The number of fused-ring (bicyclic) bond motifs is 1. The second kappa shape index (κ2) is 5.84. The van der Waals surface area contributed by atoms with Crippen molar-refractivity contribution in [3.05, 3.63) is 23.0 Å². The van der Waals surface area contributed by atoms with Crippen LogP contribution in [0.3, 0.4) is 0 Å². The number of amides is 1. The highest BCUT2D eigenvalue weighted by atomic mass is 16.5. The lowest BCUT2D eigenvalue weighted by atomic mass is 10.0. The van der Waals surface area contributed by atoms with Crippen molar-refractivity contribution in [3.63, 3.8) is 0 Å². The van der Waals surface area contributed by atoms with E-state index in [0.29, 0.717) is 37.0 Å². The zero-order chi connectivity index (χ0) is 16.8. The number of nitrogens with zero attached hydrogens (tertiary/aromatic N) is 3. The molecule has 2 fully saturated rings. The Kier molecular flexibility index (Phi) is 3.79. The van der Waals surface area contributed by atoms with E-state index in [1.54, 1.807) is 0 Å². The quantitative estimate of drug-likeness (QED) is 0.865. The van der Waals surface area contributed by atoms with Crippen molar-refractivity contribution >= 4 is 17.0 Å². The molecule has 3 heterocycles. The summed E-state index contributed by atoms with van der Waals surface area (Å²) in [5.41, 5.74) is 2.94. The molecule has 1 saturated heterocycles. The van der Waals surface area contributed by atoms with Crippen molar-refractivity contribution in [1.29, 1.82) is 0 Å². The first-order valence-electron chi connectivity index (χ1n) is 8.75. The number of carbonyl (C=O) groups excluding carboxylic acids is 1. The van der Waals surface area contributed by atoms with E-state index in [1.807, 2.05) is 17.9 Å². The number of pyridine rings is 1. The van der Waals surface area contributed by atoms with Gasteiger partial charge in [0.05, 0.1) is 35.9 Å². The van der Waals surface area contributed by atoms with Crippen LogP contribution in [0, 0.1) is 0 Å². The minimum atomic E-state index is 0.0326. The van der Waals surface area contributed by atoms with Gasteiger partial charge >= 0.3 is 0 Å². The summed E-state index contributed by atoms with van der Waals surface area (Å²) in [7, 11) is 0. The molecule has 6 heteroatoms. The van der Waals surface area contributed by atoms with Crippen LogP contribution in [0.15, 0.2) is 10.6 Å². The van der Waals surface area contributed by atoms with Crippen molar-refractivity contribution in [3.8, 4) is 0 Å². The number of morpholine rings is 1. The molecule has 2 aromatic heterocycles. The Morgan fingerprint density at radius 3 is 2.83 bits per heavy atom. The zero-order valence-electron chi connectivity index (χ0n) is 14.4. The SMILES string of the molecule is CC(C)c1noc2nc(C3CC3)cc(C(=O)N3CCOCC3C)c12. The molecule has 0 aromatic carbocycles. The third-order valence-corrected chi connectivity index (χ3v) is 4.89. The summed E-state index contributed by atoms with van der Waals surface area (Å²) in [6.07, 6.45) is 2.26. The first kappa shape index (κ1) is 15.6. The smallest absolute Gasteiger partial charge is 0.259 e. The van der Waals surface area contributed by atoms with Gasteiger partial charge in [0.1, 0.15) is 0 Å². The van der Waals surface area contributed by atoms with E-state index in [-0.39, 0.29) is 17.9 Å². The van der Waals surface area contributed by atoms with Gasteiger partial charge in [-0.1, -0.05) is 19.0 Å². The Morgan fingerprint density at radius 2 is 2.17 bits per heavy atom. The molecule has 1 aliphatic carbocycles. The van der Waals surface area contributed by atoms with Gasteiger partial charge < -0.3 is 14.2 Å². The molecule has 0 N–H and O–H groups in total. The van der Waals surface area contributed by atoms with Crippen LogP contribution in [0.2, 0.25) is 0 Å². The fourth-order valence-corrected chi connectivity index (χ4v) is 3.33.